The third-order valence-electron chi connectivity index (χ3n) is 1.26. The Morgan fingerprint density at radius 3 is 3.10 bits per heavy atom. The van der Waals surface area contributed by atoms with Gasteiger partial charge in [0.1, 0.15) is 5.82 Å². The van der Waals surface area contributed by atoms with E-state index in [-0.39, 0.29) is 0 Å². The monoisotopic (exact) mass is 133 g/mol. The first-order chi connectivity index (χ1) is 4.88. The molecule has 0 aliphatic rings. The number of fused-ring (bicyclic) bond motifs is 1. The number of hydrogen-bond acceptors (Lipinski definition) is 3. The van der Waals surface area contributed by atoms with Crippen LogP contribution in [0.15, 0.2) is 18.5 Å². The second-order valence-electron chi connectivity index (χ2n) is 1.91. The predicted molar refractivity (Wildman–Crippen MR) is 35.2 cm³/mol. The summed E-state index contributed by atoms with van der Waals surface area (Å²) in [5.41, 5.74) is 0. The van der Waals surface area contributed by atoms with Gasteiger partial charge in [-0.1, -0.05) is 0 Å². The van der Waals surface area contributed by atoms with Gasteiger partial charge in [-0.2, -0.15) is 0 Å². The second-order valence-corrected chi connectivity index (χ2v) is 1.91. The molecule has 0 unspecified atom stereocenters. The average molecular weight is 133 g/mol. The zero-order valence-corrected chi connectivity index (χ0v) is 5.23. The van der Waals surface area contributed by atoms with E-state index in [1.165, 1.54) is 0 Å². The van der Waals surface area contributed by atoms with Crippen LogP contribution >= 0.6 is 0 Å². The van der Waals surface area contributed by atoms with Crippen LogP contribution < -0.4 is 0 Å². The van der Waals surface area contributed by atoms with Crippen molar-refractivity contribution in [2.75, 3.05) is 0 Å². The van der Waals surface area contributed by atoms with Crippen molar-refractivity contribution in [3.63, 3.8) is 0 Å². The van der Waals surface area contributed by atoms with Crippen LogP contribution in [0.3, 0.4) is 0 Å². The van der Waals surface area contributed by atoms with E-state index in [0.29, 0.717) is 11.6 Å². The van der Waals surface area contributed by atoms with Crippen LogP contribution in [0.2, 0.25) is 0 Å². The third kappa shape index (κ3) is 0.586. The van der Waals surface area contributed by atoms with Crippen LogP contribution in [-0.2, 0) is 0 Å². The van der Waals surface area contributed by atoms with Gasteiger partial charge in [-0.3, -0.25) is 4.40 Å². The van der Waals surface area contributed by atoms with Crippen molar-refractivity contribution in [1.82, 2.24) is 19.6 Å². The molecule has 0 spiro atoms. The smallest absolute Gasteiger partial charge is 0.254 e. The first-order valence-corrected chi connectivity index (χ1v) is 2.85. The Kier molecular flexibility index (Phi) is 0.943. The maximum absolute atomic E-state index is 3.95. The van der Waals surface area contributed by atoms with Gasteiger partial charge in [-0.15, -0.1) is 10.2 Å². The van der Waals surface area contributed by atoms with Gasteiger partial charge in [-0.25, -0.2) is 4.98 Å². The molecule has 0 aromatic carbocycles. The molecule has 0 saturated heterocycles. The molecule has 0 atom stereocenters. The van der Waals surface area contributed by atoms with Crippen LogP contribution in [0.1, 0.15) is 5.82 Å². The van der Waals surface area contributed by atoms with E-state index in [1.54, 1.807) is 10.6 Å². The molecule has 1 radical (unpaired) electrons. The van der Waals surface area contributed by atoms with E-state index in [9.17, 15) is 0 Å². The highest BCUT2D eigenvalue weighted by atomic mass is 15.3. The standard InChI is InChI=1S/C6H5N4/c1-5-8-9-6-7-3-2-4-10(5)6/h2-4H,1H2. The Morgan fingerprint density at radius 2 is 2.30 bits per heavy atom. The first-order valence-electron chi connectivity index (χ1n) is 2.85. The van der Waals surface area contributed by atoms with Gasteiger partial charge in [0.25, 0.3) is 5.78 Å². The number of hydrogen-bond donors (Lipinski definition) is 0. The van der Waals surface area contributed by atoms with Crippen molar-refractivity contribution in [2.45, 2.75) is 0 Å². The molecule has 4 nitrogen and oxygen atoms in total. The average Bonchev–Trinajstić information content (AvgIpc) is 2.34. The van der Waals surface area contributed by atoms with Gasteiger partial charge in [-0.05, 0) is 6.07 Å². The summed E-state index contributed by atoms with van der Waals surface area (Å²) in [6, 6.07) is 1.81. The van der Waals surface area contributed by atoms with Crippen molar-refractivity contribution in [1.29, 1.82) is 0 Å². The zero-order chi connectivity index (χ0) is 6.97. The molecule has 0 saturated carbocycles. The highest BCUT2D eigenvalue weighted by Gasteiger charge is 1.96. The van der Waals surface area contributed by atoms with Crippen molar-refractivity contribution in [2.24, 2.45) is 0 Å². The topological polar surface area (TPSA) is 43.1 Å². The Bertz CT molecular complexity index is 351. The van der Waals surface area contributed by atoms with Crippen LogP contribution in [0.4, 0.5) is 0 Å². The maximum Gasteiger partial charge on any atom is 0.254 e. The van der Waals surface area contributed by atoms with Crippen molar-refractivity contribution >= 4 is 5.78 Å². The van der Waals surface area contributed by atoms with Gasteiger partial charge in [0.05, 0.1) is 0 Å². The van der Waals surface area contributed by atoms with Crippen LogP contribution in [0, 0.1) is 6.92 Å². The largest absolute Gasteiger partial charge is 0.270 e. The molecular weight excluding hydrogens is 128 g/mol. The summed E-state index contributed by atoms with van der Waals surface area (Å²) in [4.78, 5) is 3.95. The SMILES string of the molecule is [CH2]c1nnc2ncccn12. The third-order valence-corrected chi connectivity index (χ3v) is 1.26. The van der Waals surface area contributed by atoms with E-state index in [4.69, 9.17) is 0 Å². The zero-order valence-electron chi connectivity index (χ0n) is 5.23. The number of nitrogens with zero attached hydrogens (tertiary/aromatic N) is 4. The molecule has 49 valence electrons. The molecule has 10 heavy (non-hydrogen) atoms. The normalized spacial score (nSPS) is 10.5. The number of rotatable bonds is 0. The van der Waals surface area contributed by atoms with E-state index < -0.39 is 0 Å². The molecule has 0 N–H and O–H groups in total. The van der Waals surface area contributed by atoms with Gasteiger partial charge >= 0.3 is 0 Å². The predicted octanol–water partition coefficient (Wildman–Crippen LogP) is 0.306. The molecular formula is C6H5N4. The summed E-state index contributed by atoms with van der Waals surface area (Å²) in [7, 11) is 0. The van der Waals surface area contributed by atoms with Gasteiger partial charge in [0.15, 0.2) is 0 Å². The van der Waals surface area contributed by atoms with Gasteiger partial charge in [0.2, 0.25) is 0 Å². The lowest BCUT2D eigenvalue weighted by Gasteiger charge is -1.88. The summed E-state index contributed by atoms with van der Waals surface area (Å²) >= 11 is 0. The highest BCUT2D eigenvalue weighted by molar-refractivity contribution is 5.26. The molecule has 0 aliphatic carbocycles. The summed E-state index contributed by atoms with van der Waals surface area (Å²) in [6.07, 6.45) is 3.49. The van der Waals surface area contributed by atoms with Crippen LogP contribution in [-0.4, -0.2) is 19.6 Å². The Labute approximate surface area is 57.5 Å². The summed E-state index contributed by atoms with van der Waals surface area (Å²) in [5.74, 6) is 1.20. The van der Waals surface area contributed by atoms with E-state index in [2.05, 4.69) is 22.1 Å². The fraction of sp³-hybridized carbons (Fsp3) is 0. The second kappa shape index (κ2) is 1.76. The fourth-order valence-electron chi connectivity index (χ4n) is 0.789. The Balaban J connectivity index is 2.93. The lowest BCUT2D eigenvalue weighted by Crippen LogP contribution is -1.87. The molecule has 0 amide bonds. The highest BCUT2D eigenvalue weighted by Crippen LogP contribution is 1.95. The molecule has 0 fully saturated rings. The van der Waals surface area contributed by atoms with Crippen molar-refractivity contribution < 1.29 is 0 Å². The lowest BCUT2D eigenvalue weighted by molar-refractivity contribution is 1.05. The minimum Gasteiger partial charge on any atom is -0.270 e. The maximum atomic E-state index is 3.95. The van der Waals surface area contributed by atoms with Crippen molar-refractivity contribution in [3.05, 3.63) is 31.2 Å². The summed E-state index contributed by atoms with van der Waals surface area (Å²) < 4.78 is 1.72. The molecule has 2 rings (SSSR count). The van der Waals surface area contributed by atoms with E-state index in [0.717, 1.165) is 0 Å². The molecule has 2 aromatic rings. The molecule has 0 aliphatic heterocycles. The van der Waals surface area contributed by atoms with Crippen LogP contribution in [0.5, 0.6) is 0 Å². The fourth-order valence-corrected chi connectivity index (χ4v) is 0.789. The summed E-state index contributed by atoms with van der Waals surface area (Å²) in [5, 5.41) is 7.49. The summed E-state index contributed by atoms with van der Waals surface area (Å²) in [6.45, 7) is 3.66. The molecule has 0 bridgehead atoms. The molecule has 2 aromatic heterocycles. The van der Waals surface area contributed by atoms with Gasteiger partial charge < -0.3 is 0 Å². The minimum absolute atomic E-state index is 0.590. The Morgan fingerprint density at radius 1 is 1.40 bits per heavy atom. The quantitative estimate of drug-likeness (QED) is 0.519. The van der Waals surface area contributed by atoms with E-state index in [1.807, 2.05) is 12.3 Å². The molecule has 2 heterocycles. The van der Waals surface area contributed by atoms with Gasteiger partial charge in [0, 0.05) is 19.3 Å². The molecule has 4 heteroatoms. The number of aromatic nitrogens is 4. The Hall–Kier alpha value is -1.45. The minimum atomic E-state index is 0.590. The lowest BCUT2D eigenvalue weighted by atomic mass is 10.6. The van der Waals surface area contributed by atoms with E-state index >= 15 is 0 Å². The van der Waals surface area contributed by atoms with Crippen LogP contribution in [0.25, 0.3) is 5.78 Å². The van der Waals surface area contributed by atoms with Crippen molar-refractivity contribution in [3.8, 4) is 0 Å². The first kappa shape index (κ1) is 5.34.